The molecule has 2 N–H and O–H groups in total. The molecule has 0 spiro atoms. The van der Waals surface area contributed by atoms with Gasteiger partial charge in [0.25, 0.3) is 0 Å². The Bertz CT molecular complexity index is 525. The molecule has 1 unspecified atom stereocenters. The number of aliphatic imine (C=N–C) groups is 1. The first-order valence-corrected chi connectivity index (χ1v) is 9.81. The molecule has 7 heteroatoms. The minimum Gasteiger partial charge on any atom is -0.361 e. The largest absolute Gasteiger partial charge is 0.361 e. The molecule has 1 aliphatic heterocycles. The van der Waals surface area contributed by atoms with Gasteiger partial charge in [-0.2, -0.15) is 0 Å². The monoisotopic (exact) mass is 477 g/mol. The van der Waals surface area contributed by atoms with Crippen LogP contribution in [-0.2, 0) is 19.4 Å². The molecular weight excluding hydrogens is 441 g/mol. The summed E-state index contributed by atoms with van der Waals surface area (Å²) in [5, 5.41) is 11.0. The fraction of sp³-hybridized carbons (Fsp3) is 0.789. The molecular formula is C19H36IN5O. The highest BCUT2D eigenvalue weighted by Gasteiger charge is 2.16. The number of nitrogens with zero attached hydrogens (tertiary/aromatic N) is 3. The van der Waals surface area contributed by atoms with Crippen LogP contribution in [0.3, 0.4) is 0 Å². The van der Waals surface area contributed by atoms with Gasteiger partial charge in [0.15, 0.2) is 5.96 Å². The van der Waals surface area contributed by atoms with Gasteiger partial charge in [0.1, 0.15) is 5.76 Å². The Morgan fingerprint density at radius 2 is 2.12 bits per heavy atom. The Balaban J connectivity index is 0.00000338. The third-order valence-electron chi connectivity index (χ3n) is 4.95. The average Bonchev–Trinajstić information content (AvgIpc) is 3.03. The van der Waals surface area contributed by atoms with E-state index in [1.54, 1.807) is 0 Å². The Hall–Kier alpha value is -0.830. The van der Waals surface area contributed by atoms with Crippen LogP contribution in [0.2, 0.25) is 0 Å². The van der Waals surface area contributed by atoms with Gasteiger partial charge >= 0.3 is 0 Å². The first-order valence-electron chi connectivity index (χ1n) is 9.81. The SMILES string of the molecule is CCc1noc(CC)c1CNC(=NC)NCCCN1CCCC(C)C1.I. The molecule has 1 saturated heterocycles. The molecule has 1 aromatic heterocycles. The molecule has 2 heterocycles. The third-order valence-corrected chi connectivity index (χ3v) is 4.95. The van der Waals surface area contributed by atoms with Crippen molar-refractivity contribution in [2.24, 2.45) is 10.9 Å². The Labute approximate surface area is 175 Å². The molecule has 2 rings (SSSR count). The van der Waals surface area contributed by atoms with Crippen molar-refractivity contribution in [1.29, 1.82) is 0 Å². The molecule has 0 aromatic carbocycles. The van der Waals surface area contributed by atoms with Crippen LogP contribution in [0, 0.1) is 5.92 Å². The lowest BCUT2D eigenvalue weighted by molar-refractivity contribution is 0.182. The molecule has 0 amide bonds. The van der Waals surface area contributed by atoms with Crippen LogP contribution in [0.4, 0.5) is 0 Å². The quantitative estimate of drug-likeness (QED) is 0.261. The number of nitrogens with one attached hydrogen (secondary N) is 2. The molecule has 1 atom stereocenters. The third kappa shape index (κ3) is 7.06. The zero-order chi connectivity index (χ0) is 18.1. The van der Waals surface area contributed by atoms with Crippen molar-refractivity contribution in [2.75, 3.05) is 33.2 Å². The summed E-state index contributed by atoms with van der Waals surface area (Å²) in [6.45, 7) is 11.9. The number of hydrogen-bond acceptors (Lipinski definition) is 4. The van der Waals surface area contributed by atoms with Crippen LogP contribution in [0.5, 0.6) is 0 Å². The van der Waals surface area contributed by atoms with Gasteiger partial charge in [-0.05, 0) is 44.7 Å². The number of hydrogen-bond donors (Lipinski definition) is 2. The highest BCUT2D eigenvalue weighted by atomic mass is 127. The van der Waals surface area contributed by atoms with E-state index in [0.29, 0.717) is 6.54 Å². The standard InChI is InChI=1S/C19H35N5O.HI/c1-5-17-16(18(6-2)25-23-17)13-22-19(20-4)21-10-8-12-24-11-7-9-15(3)14-24;/h15H,5-14H2,1-4H3,(H2,20,21,22);1H. The minimum atomic E-state index is 0. The van der Waals surface area contributed by atoms with Gasteiger partial charge in [0, 0.05) is 38.7 Å². The van der Waals surface area contributed by atoms with Gasteiger partial charge < -0.3 is 20.1 Å². The van der Waals surface area contributed by atoms with Crippen LogP contribution in [0.15, 0.2) is 9.52 Å². The molecule has 0 bridgehead atoms. The molecule has 6 nitrogen and oxygen atoms in total. The van der Waals surface area contributed by atoms with Gasteiger partial charge in [-0.3, -0.25) is 4.99 Å². The van der Waals surface area contributed by atoms with Crippen LogP contribution >= 0.6 is 24.0 Å². The van der Waals surface area contributed by atoms with Crippen LogP contribution in [-0.4, -0.2) is 49.2 Å². The van der Waals surface area contributed by atoms with Crippen molar-refractivity contribution in [3.05, 3.63) is 17.0 Å². The topological polar surface area (TPSA) is 65.7 Å². The Morgan fingerprint density at radius 3 is 2.77 bits per heavy atom. The van der Waals surface area contributed by atoms with E-state index in [1.165, 1.54) is 38.0 Å². The number of halogens is 1. The summed E-state index contributed by atoms with van der Waals surface area (Å²) in [4.78, 5) is 6.91. The smallest absolute Gasteiger partial charge is 0.191 e. The van der Waals surface area contributed by atoms with E-state index in [1.807, 2.05) is 7.05 Å². The van der Waals surface area contributed by atoms with Crippen molar-refractivity contribution >= 4 is 29.9 Å². The van der Waals surface area contributed by atoms with E-state index in [4.69, 9.17) is 4.52 Å². The minimum absolute atomic E-state index is 0. The molecule has 1 aliphatic rings. The van der Waals surface area contributed by atoms with E-state index in [0.717, 1.165) is 49.1 Å². The number of guanidine groups is 1. The molecule has 1 fully saturated rings. The van der Waals surface area contributed by atoms with E-state index >= 15 is 0 Å². The Morgan fingerprint density at radius 1 is 1.31 bits per heavy atom. The maximum absolute atomic E-state index is 5.42. The molecule has 150 valence electrons. The van der Waals surface area contributed by atoms with E-state index in [9.17, 15) is 0 Å². The number of piperidine rings is 1. The van der Waals surface area contributed by atoms with Gasteiger partial charge in [-0.1, -0.05) is 25.9 Å². The van der Waals surface area contributed by atoms with Crippen molar-refractivity contribution in [3.8, 4) is 0 Å². The lowest BCUT2D eigenvalue weighted by atomic mass is 10.0. The second-order valence-corrected chi connectivity index (χ2v) is 6.99. The summed E-state index contributed by atoms with van der Waals surface area (Å²) in [6.07, 6.45) is 5.62. The zero-order valence-electron chi connectivity index (χ0n) is 16.8. The Kier molecular flexibility index (Phi) is 11.2. The van der Waals surface area contributed by atoms with Crippen molar-refractivity contribution in [3.63, 3.8) is 0 Å². The average molecular weight is 477 g/mol. The molecule has 1 aromatic rings. The van der Waals surface area contributed by atoms with E-state index < -0.39 is 0 Å². The van der Waals surface area contributed by atoms with E-state index in [2.05, 4.69) is 46.5 Å². The van der Waals surface area contributed by atoms with Gasteiger partial charge in [-0.15, -0.1) is 24.0 Å². The highest BCUT2D eigenvalue weighted by molar-refractivity contribution is 14.0. The first-order chi connectivity index (χ1) is 12.2. The normalized spacial score (nSPS) is 18.5. The lowest BCUT2D eigenvalue weighted by Crippen LogP contribution is -2.40. The maximum Gasteiger partial charge on any atom is 0.191 e. The number of aromatic nitrogens is 1. The van der Waals surface area contributed by atoms with Crippen LogP contribution in [0.1, 0.15) is 57.1 Å². The summed E-state index contributed by atoms with van der Waals surface area (Å²) < 4.78 is 5.42. The second kappa shape index (κ2) is 12.5. The van der Waals surface area contributed by atoms with Gasteiger partial charge in [-0.25, -0.2) is 0 Å². The van der Waals surface area contributed by atoms with Crippen molar-refractivity contribution in [2.45, 2.75) is 59.4 Å². The van der Waals surface area contributed by atoms with Crippen LogP contribution < -0.4 is 10.6 Å². The fourth-order valence-corrected chi connectivity index (χ4v) is 3.53. The zero-order valence-corrected chi connectivity index (χ0v) is 19.1. The lowest BCUT2D eigenvalue weighted by Gasteiger charge is -2.30. The van der Waals surface area contributed by atoms with Crippen LogP contribution in [0.25, 0.3) is 0 Å². The molecule has 0 aliphatic carbocycles. The predicted octanol–water partition coefficient (Wildman–Crippen LogP) is 3.20. The summed E-state index contributed by atoms with van der Waals surface area (Å²) >= 11 is 0. The number of rotatable bonds is 8. The summed E-state index contributed by atoms with van der Waals surface area (Å²) in [7, 11) is 1.82. The number of aryl methyl sites for hydroxylation is 2. The highest BCUT2D eigenvalue weighted by Crippen LogP contribution is 2.16. The molecule has 0 radical (unpaired) electrons. The summed E-state index contributed by atoms with van der Waals surface area (Å²) in [5.41, 5.74) is 2.22. The number of likely N-dealkylation sites (tertiary alicyclic amines) is 1. The predicted molar refractivity (Wildman–Crippen MR) is 118 cm³/mol. The van der Waals surface area contributed by atoms with Gasteiger partial charge in [0.05, 0.1) is 5.69 Å². The van der Waals surface area contributed by atoms with E-state index in [-0.39, 0.29) is 24.0 Å². The van der Waals surface area contributed by atoms with Crippen molar-refractivity contribution in [1.82, 2.24) is 20.7 Å². The maximum atomic E-state index is 5.42. The van der Waals surface area contributed by atoms with Crippen molar-refractivity contribution < 1.29 is 4.52 Å². The summed E-state index contributed by atoms with van der Waals surface area (Å²) in [5.74, 6) is 2.66. The fourth-order valence-electron chi connectivity index (χ4n) is 3.53. The summed E-state index contributed by atoms with van der Waals surface area (Å²) in [6, 6.07) is 0. The first kappa shape index (κ1) is 23.2. The molecule has 0 saturated carbocycles. The van der Waals surface area contributed by atoms with Gasteiger partial charge in [0.2, 0.25) is 0 Å². The molecule has 26 heavy (non-hydrogen) atoms. The second-order valence-electron chi connectivity index (χ2n) is 6.99.